The first-order valence-corrected chi connectivity index (χ1v) is 15.6. The summed E-state index contributed by atoms with van der Waals surface area (Å²) < 4.78 is 1.51. The van der Waals surface area contributed by atoms with Gasteiger partial charge in [-0.25, -0.2) is 4.98 Å². The van der Waals surface area contributed by atoms with Crippen LogP contribution in [0.2, 0.25) is 0 Å². The summed E-state index contributed by atoms with van der Waals surface area (Å²) in [6, 6.07) is 21.4. The zero-order valence-corrected chi connectivity index (χ0v) is 27.4. The summed E-state index contributed by atoms with van der Waals surface area (Å²) in [4.78, 5) is 32.6. The van der Waals surface area contributed by atoms with Crippen molar-refractivity contribution < 1.29 is 9.90 Å². The lowest BCUT2D eigenvalue weighted by molar-refractivity contribution is -0.00951. The van der Waals surface area contributed by atoms with Crippen LogP contribution in [0.3, 0.4) is 0 Å². The molecule has 0 radical (unpaired) electrons. The lowest BCUT2D eigenvalue weighted by Gasteiger charge is -2.37. The molecule has 2 heterocycles. The first-order valence-electron chi connectivity index (χ1n) is 15.6. The third kappa shape index (κ3) is 7.06. The summed E-state index contributed by atoms with van der Waals surface area (Å²) in [5.74, 6) is 0.0764. The van der Waals surface area contributed by atoms with Crippen molar-refractivity contribution in [1.29, 1.82) is 0 Å². The van der Waals surface area contributed by atoms with Crippen molar-refractivity contribution in [2.75, 3.05) is 30.3 Å². The van der Waals surface area contributed by atoms with Crippen LogP contribution in [0.25, 0.3) is 17.0 Å². The highest BCUT2D eigenvalue weighted by Crippen LogP contribution is 2.31. The molecule has 1 aliphatic heterocycles. The number of likely N-dealkylation sites (tertiary alicyclic amines) is 1. The largest absolute Gasteiger partial charge is 0.388 e. The molecule has 1 aromatic heterocycles. The van der Waals surface area contributed by atoms with E-state index in [4.69, 9.17) is 10.7 Å². The molecule has 240 valence electrons. The van der Waals surface area contributed by atoms with Crippen LogP contribution in [0.15, 0.2) is 84.3 Å². The van der Waals surface area contributed by atoms with Gasteiger partial charge in [0.2, 0.25) is 0 Å². The van der Waals surface area contributed by atoms with E-state index in [-0.39, 0.29) is 29.2 Å². The van der Waals surface area contributed by atoms with Gasteiger partial charge in [-0.05, 0) is 72.2 Å². The summed E-state index contributed by atoms with van der Waals surface area (Å²) in [5.41, 5.74) is 12.2. The lowest BCUT2D eigenvalue weighted by Crippen LogP contribution is -2.50. The number of nitrogens with two attached hydrogens (primary N) is 1. The number of nitrogens with zero attached hydrogens (tertiary/aromatic N) is 3. The van der Waals surface area contributed by atoms with Gasteiger partial charge in [0, 0.05) is 61.1 Å². The highest BCUT2D eigenvalue weighted by Gasteiger charge is 2.32. The van der Waals surface area contributed by atoms with E-state index >= 15 is 0 Å². The molecule has 9 nitrogen and oxygen atoms in total. The molecule has 0 bridgehead atoms. The molecule has 5 N–H and O–H groups in total. The predicted octanol–water partition coefficient (Wildman–Crippen LogP) is 5.81. The Kier molecular flexibility index (Phi) is 9.19. The summed E-state index contributed by atoms with van der Waals surface area (Å²) >= 11 is 0. The first-order chi connectivity index (χ1) is 21.8. The van der Waals surface area contributed by atoms with Crippen LogP contribution in [-0.2, 0) is 12.5 Å². The third-order valence-electron chi connectivity index (χ3n) is 8.82. The Hall–Kier alpha value is -4.73. The van der Waals surface area contributed by atoms with Crippen LogP contribution in [0.1, 0.15) is 60.7 Å². The van der Waals surface area contributed by atoms with Crippen LogP contribution in [0.4, 0.5) is 17.2 Å². The Bertz CT molecular complexity index is 1800. The van der Waals surface area contributed by atoms with Crippen LogP contribution in [0, 0.1) is 6.92 Å². The molecule has 5 rings (SSSR count). The number of rotatable bonds is 8. The Morgan fingerprint density at radius 2 is 1.65 bits per heavy atom. The number of aryl methyl sites for hydroxylation is 1. The fourth-order valence-corrected chi connectivity index (χ4v) is 5.62. The summed E-state index contributed by atoms with van der Waals surface area (Å²) in [5, 5.41) is 17.0. The molecule has 1 saturated heterocycles. The Balaban J connectivity index is 1.32. The minimum Gasteiger partial charge on any atom is -0.388 e. The van der Waals surface area contributed by atoms with E-state index in [1.807, 2.05) is 25.1 Å². The number of hydrogen-bond donors (Lipinski definition) is 4. The van der Waals surface area contributed by atoms with E-state index in [9.17, 15) is 14.7 Å². The van der Waals surface area contributed by atoms with Crippen molar-refractivity contribution in [3.05, 3.63) is 112 Å². The topological polar surface area (TPSA) is 126 Å². The Morgan fingerprint density at radius 3 is 2.26 bits per heavy atom. The molecular weight excluding hydrogens is 576 g/mol. The maximum absolute atomic E-state index is 13.1. The number of aliphatic hydroxyl groups is 1. The molecule has 3 aromatic carbocycles. The molecule has 1 aliphatic rings. The van der Waals surface area contributed by atoms with Crippen LogP contribution in [-0.4, -0.2) is 50.7 Å². The highest BCUT2D eigenvalue weighted by molar-refractivity contribution is 5.94. The SMILES string of the molecule is C=C(Nc1cccc(-c2cn(C)c(=O)c(Nc3ccc(C(=O)N4CCC(O)(CN)CC4)cc3)n2)c1C)c1ccc(C(C)(C)C)cc1. The van der Waals surface area contributed by atoms with Gasteiger partial charge in [0.05, 0.1) is 11.3 Å². The minimum absolute atomic E-state index is 0.0747. The molecule has 0 saturated carbocycles. The normalized spacial score (nSPS) is 14.5. The van der Waals surface area contributed by atoms with Gasteiger partial charge >= 0.3 is 0 Å². The van der Waals surface area contributed by atoms with Gasteiger partial charge in [-0.15, -0.1) is 0 Å². The second kappa shape index (κ2) is 12.9. The first kappa shape index (κ1) is 32.7. The van der Waals surface area contributed by atoms with Crippen molar-refractivity contribution in [1.82, 2.24) is 14.5 Å². The molecule has 46 heavy (non-hydrogen) atoms. The quantitative estimate of drug-likeness (QED) is 0.196. The van der Waals surface area contributed by atoms with Gasteiger partial charge < -0.3 is 30.9 Å². The summed E-state index contributed by atoms with van der Waals surface area (Å²) in [7, 11) is 1.70. The van der Waals surface area contributed by atoms with E-state index < -0.39 is 5.60 Å². The fraction of sp³-hybridized carbons (Fsp3) is 0.324. The molecule has 0 aliphatic carbocycles. The lowest BCUT2D eigenvalue weighted by atomic mass is 9.86. The van der Waals surface area contributed by atoms with E-state index in [0.717, 1.165) is 28.1 Å². The second-order valence-electron chi connectivity index (χ2n) is 13.2. The number of benzene rings is 3. The molecule has 0 atom stereocenters. The van der Waals surface area contributed by atoms with Crippen molar-refractivity contribution >= 4 is 28.8 Å². The number of aromatic nitrogens is 2. The number of anilines is 3. The Labute approximate surface area is 270 Å². The summed E-state index contributed by atoms with van der Waals surface area (Å²) in [6.45, 7) is 14.0. The number of amides is 1. The molecular formula is C37H44N6O3. The zero-order valence-electron chi connectivity index (χ0n) is 27.4. The monoisotopic (exact) mass is 620 g/mol. The average molecular weight is 621 g/mol. The van der Waals surface area contributed by atoms with Crippen molar-refractivity contribution in [2.24, 2.45) is 12.8 Å². The van der Waals surface area contributed by atoms with Crippen LogP contribution >= 0.6 is 0 Å². The molecule has 1 amide bonds. The van der Waals surface area contributed by atoms with Crippen LogP contribution in [0.5, 0.6) is 0 Å². The van der Waals surface area contributed by atoms with Crippen LogP contribution < -0.4 is 21.9 Å². The fourth-order valence-electron chi connectivity index (χ4n) is 5.62. The number of nitrogens with one attached hydrogen (secondary N) is 2. The standard InChI is InChI=1S/C37H44N6O3/c1-24-30(8-7-9-31(24)39-25(2)26-10-14-28(15-11-26)36(3,4)5)32-22-42(6)35(45)33(41-32)40-29-16-12-27(13-17-29)34(44)43-20-18-37(46,23-38)19-21-43/h7-17,22,39,46H,2,18-21,23,38H2,1,3-6H3,(H,40,41). The van der Waals surface area contributed by atoms with Gasteiger partial charge in [0.1, 0.15) is 0 Å². The Morgan fingerprint density at radius 1 is 1.02 bits per heavy atom. The van der Waals surface area contributed by atoms with Gasteiger partial charge in [0.15, 0.2) is 5.82 Å². The number of carbonyl (C=O) groups excluding carboxylic acids is 1. The second-order valence-corrected chi connectivity index (χ2v) is 13.2. The van der Waals surface area contributed by atoms with Gasteiger partial charge in [-0.1, -0.05) is 63.7 Å². The molecule has 0 unspecified atom stereocenters. The molecule has 9 heteroatoms. The van der Waals surface area contributed by atoms with Crippen molar-refractivity contribution in [3.8, 4) is 11.3 Å². The van der Waals surface area contributed by atoms with E-state index in [2.05, 4.69) is 62.2 Å². The third-order valence-corrected chi connectivity index (χ3v) is 8.82. The molecule has 1 fully saturated rings. The molecule has 0 spiro atoms. The number of carbonyl (C=O) groups is 1. The van der Waals surface area contributed by atoms with Gasteiger partial charge in [-0.2, -0.15) is 0 Å². The van der Waals surface area contributed by atoms with E-state index in [0.29, 0.717) is 42.9 Å². The zero-order chi connectivity index (χ0) is 33.2. The van der Waals surface area contributed by atoms with Crippen molar-refractivity contribution in [2.45, 2.75) is 51.6 Å². The van der Waals surface area contributed by atoms with E-state index in [1.165, 1.54) is 10.1 Å². The van der Waals surface area contributed by atoms with Gasteiger partial charge in [-0.3, -0.25) is 9.59 Å². The number of hydrogen-bond acceptors (Lipinski definition) is 7. The predicted molar refractivity (Wildman–Crippen MR) is 186 cm³/mol. The van der Waals surface area contributed by atoms with Crippen molar-refractivity contribution in [3.63, 3.8) is 0 Å². The number of piperidine rings is 1. The highest BCUT2D eigenvalue weighted by atomic mass is 16.3. The molecule has 4 aromatic rings. The average Bonchev–Trinajstić information content (AvgIpc) is 3.04. The minimum atomic E-state index is -0.901. The summed E-state index contributed by atoms with van der Waals surface area (Å²) in [6.07, 6.45) is 2.64. The van der Waals surface area contributed by atoms with E-state index in [1.54, 1.807) is 42.4 Å². The maximum atomic E-state index is 13.1. The maximum Gasteiger partial charge on any atom is 0.293 e. The van der Waals surface area contributed by atoms with Gasteiger partial charge in [0.25, 0.3) is 11.5 Å². The smallest absolute Gasteiger partial charge is 0.293 e.